The SMILES string of the molecule is CC.CC.CC.CC.CC1=CC(c2cccc3ccccc23)C(C)C=C1N(c1cc(C)c(-c2cccc3ccccc23)cc1C)c1cc(C)c(-c2cccc3ccccc23)cc1C. The molecule has 63 heavy (non-hydrogen) atoms. The van der Waals surface area contributed by atoms with Crippen LogP contribution in [0.5, 0.6) is 0 Å². The molecule has 0 fully saturated rings. The number of rotatable bonds is 6. The van der Waals surface area contributed by atoms with E-state index < -0.39 is 0 Å². The van der Waals surface area contributed by atoms with Crippen LogP contribution >= 0.6 is 0 Å². The van der Waals surface area contributed by atoms with Gasteiger partial charge in [-0.1, -0.05) is 202 Å². The quantitative estimate of drug-likeness (QED) is 0.161. The predicted octanol–water partition coefficient (Wildman–Crippen LogP) is 19.2. The van der Waals surface area contributed by atoms with Crippen molar-refractivity contribution in [2.45, 2.75) is 103 Å². The molecule has 0 aromatic heterocycles. The molecule has 1 heteroatoms. The van der Waals surface area contributed by atoms with Gasteiger partial charge in [0.1, 0.15) is 0 Å². The highest BCUT2D eigenvalue weighted by molar-refractivity contribution is 5.99. The topological polar surface area (TPSA) is 3.24 Å². The van der Waals surface area contributed by atoms with Crippen molar-refractivity contribution < 1.29 is 0 Å². The zero-order valence-electron chi connectivity index (χ0n) is 40.7. The molecule has 0 radical (unpaired) electrons. The normalized spacial score (nSPS) is 14.1. The van der Waals surface area contributed by atoms with Gasteiger partial charge in [0, 0.05) is 23.0 Å². The Morgan fingerprint density at radius 2 is 0.746 bits per heavy atom. The summed E-state index contributed by atoms with van der Waals surface area (Å²) in [5.41, 5.74) is 16.5. The minimum atomic E-state index is 0.282. The molecule has 8 aromatic carbocycles. The average molecular weight is 830 g/mol. The van der Waals surface area contributed by atoms with E-state index in [-0.39, 0.29) is 5.92 Å². The van der Waals surface area contributed by atoms with Crippen LogP contribution in [0, 0.1) is 33.6 Å². The molecule has 0 N–H and O–H groups in total. The average Bonchev–Trinajstić information content (AvgIpc) is 3.34. The summed E-state index contributed by atoms with van der Waals surface area (Å²) in [4.78, 5) is 2.56. The van der Waals surface area contributed by atoms with Gasteiger partial charge in [-0.15, -0.1) is 0 Å². The predicted molar refractivity (Wildman–Crippen MR) is 283 cm³/mol. The Bertz CT molecular complexity index is 2700. The molecule has 1 nitrogen and oxygen atoms in total. The third-order valence-corrected chi connectivity index (χ3v) is 12.0. The Hall–Kier alpha value is -6.18. The van der Waals surface area contributed by atoms with E-state index in [0.29, 0.717) is 5.92 Å². The van der Waals surface area contributed by atoms with E-state index in [1.54, 1.807) is 0 Å². The van der Waals surface area contributed by atoms with E-state index in [9.17, 15) is 0 Å². The maximum atomic E-state index is 2.56. The van der Waals surface area contributed by atoms with Crippen molar-refractivity contribution in [2.24, 2.45) is 5.92 Å². The van der Waals surface area contributed by atoms with E-state index in [1.807, 2.05) is 55.4 Å². The molecule has 0 spiro atoms. The number of allylic oxidation sites excluding steroid dienone is 3. The molecule has 0 aliphatic heterocycles. The number of anilines is 2. The summed E-state index contributed by atoms with van der Waals surface area (Å²) in [6, 6.07) is 56.0. The second-order valence-electron chi connectivity index (χ2n) is 15.7. The molecule has 0 heterocycles. The van der Waals surface area contributed by atoms with Gasteiger partial charge in [0.25, 0.3) is 0 Å². The Labute approximate surface area is 380 Å². The Kier molecular flexibility index (Phi) is 16.9. The van der Waals surface area contributed by atoms with Gasteiger partial charge in [-0.25, -0.2) is 0 Å². The fourth-order valence-corrected chi connectivity index (χ4v) is 9.13. The number of aryl methyl sites for hydroxylation is 4. The van der Waals surface area contributed by atoms with Crippen LogP contribution in [0.4, 0.5) is 11.4 Å². The molecule has 1 aliphatic carbocycles. The van der Waals surface area contributed by atoms with Crippen LogP contribution < -0.4 is 4.90 Å². The first kappa shape index (κ1) is 47.9. The van der Waals surface area contributed by atoms with Gasteiger partial charge in [0.15, 0.2) is 0 Å². The molecule has 0 saturated heterocycles. The van der Waals surface area contributed by atoms with Crippen molar-refractivity contribution in [3.8, 4) is 22.3 Å². The van der Waals surface area contributed by atoms with Gasteiger partial charge in [-0.05, 0) is 153 Å². The highest BCUT2D eigenvalue weighted by Crippen LogP contribution is 2.46. The van der Waals surface area contributed by atoms with Crippen molar-refractivity contribution in [3.63, 3.8) is 0 Å². The van der Waals surface area contributed by atoms with E-state index in [2.05, 4.69) is 210 Å². The van der Waals surface area contributed by atoms with Crippen molar-refractivity contribution in [1.82, 2.24) is 0 Å². The smallest absolute Gasteiger partial charge is 0.0493 e. The summed E-state index contributed by atoms with van der Waals surface area (Å²) in [6.07, 6.45) is 5.05. The summed E-state index contributed by atoms with van der Waals surface area (Å²) in [5, 5.41) is 7.74. The fraction of sp³-hybridized carbons (Fsp3) is 0.258. The molecule has 8 aromatic rings. The first-order valence-corrected chi connectivity index (χ1v) is 23.6. The van der Waals surface area contributed by atoms with Crippen LogP contribution in [0.2, 0.25) is 0 Å². The highest BCUT2D eigenvalue weighted by Gasteiger charge is 2.29. The molecule has 2 atom stereocenters. The molecule has 9 rings (SSSR count). The van der Waals surface area contributed by atoms with Crippen LogP contribution in [0.15, 0.2) is 175 Å². The highest BCUT2D eigenvalue weighted by atomic mass is 15.2. The fourth-order valence-electron chi connectivity index (χ4n) is 9.13. The van der Waals surface area contributed by atoms with Crippen molar-refractivity contribution in [1.29, 1.82) is 0 Å². The van der Waals surface area contributed by atoms with Crippen LogP contribution in [0.3, 0.4) is 0 Å². The van der Waals surface area contributed by atoms with Gasteiger partial charge < -0.3 is 4.90 Å². The van der Waals surface area contributed by atoms with E-state index in [1.165, 1.54) is 105 Å². The Morgan fingerprint density at radius 3 is 1.21 bits per heavy atom. The van der Waals surface area contributed by atoms with Crippen molar-refractivity contribution in [2.75, 3.05) is 4.90 Å². The molecular formula is C62H71N. The largest absolute Gasteiger partial charge is 0.310 e. The third kappa shape index (κ3) is 9.74. The summed E-state index contributed by atoms with van der Waals surface area (Å²) in [5.74, 6) is 0.574. The second-order valence-corrected chi connectivity index (χ2v) is 15.7. The van der Waals surface area contributed by atoms with Gasteiger partial charge in [-0.2, -0.15) is 0 Å². The van der Waals surface area contributed by atoms with Crippen molar-refractivity contribution in [3.05, 3.63) is 203 Å². The lowest BCUT2D eigenvalue weighted by Crippen LogP contribution is -2.24. The first-order valence-electron chi connectivity index (χ1n) is 23.6. The van der Waals surface area contributed by atoms with Gasteiger partial charge in [0.05, 0.1) is 0 Å². The van der Waals surface area contributed by atoms with Crippen LogP contribution in [-0.2, 0) is 0 Å². The molecule has 324 valence electrons. The third-order valence-electron chi connectivity index (χ3n) is 12.0. The van der Waals surface area contributed by atoms with E-state index in [4.69, 9.17) is 0 Å². The van der Waals surface area contributed by atoms with Crippen LogP contribution in [0.1, 0.15) is 103 Å². The lowest BCUT2D eigenvalue weighted by Gasteiger charge is -2.36. The summed E-state index contributed by atoms with van der Waals surface area (Å²) in [6.45, 7) is 29.8. The van der Waals surface area contributed by atoms with Gasteiger partial charge in [-0.3, -0.25) is 0 Å². The van der Waals surface area contributed by atoms with E-state index >= 15 is 0 Å². The molecule has 0 amide bonds. The number of fused-ring (bicyclic) bond motifs is 3. The second kappa shape index (κ2) is 22.3. The summed E-state index contributed by atoms with van der Waals surface area (Å²) < 4.78 is 0. The van der Waals surface area contributed by atoms with Crippen LogP contribution in [0.25, 0.3) is 54.6 Å². The molecule has 0 bridgehead atoms. The summed E-state index contributed by atoms with van der Waals surface area (Å²) >= 11 is 0. The number of hydrogen-bond acceptors (Lipinski definition) is 1. The minimum Gasteiger partial charge on any atom is -0.310 e. The van der Waals surface area contributed by atoms with Gasteiger partial charge >= 0.3 is 0 Å². The van der Waals surface area contributed by atoms with E-state index in [0.717, 1.165) is 0 Å². The standard InChI is InChI=1S/C54H47N.4C2H6/c1-34-31-52(37(4)28-49(34)46-25-13-19-40-16-7-10-22-43(40)46)55(53-32-35(2)50(29-38(53)5)47-26-14-20-41-17-8-11-23-44(41)47)54-33-36(3)51(30-39(54)6)48-27-15-21-42-18-9-12-24-45(42)48;4*1-2/h7-34,49H,1-6H3;4*1-2H3. The Balaban J connectivity index is 0.000000887. The maximum absolute atomic E-state index is 2.56. The Morgan fingerprint density at radius 1 is 0.365 bits per heavy atom. The lowest BCUT2D eigenvalue weighted by molar-refractivity contribution is 0.626. The number of hydrogen-bond donors (Lipinski definition) is 0. The zero-order chi connectivity index (χ0) is 45.8. The number of benzene rings is 8. The first-order chi connectivity index (χ1) is 30.8. The lowest BCUT2D eigenvalue weighted by atomic mass is 9.79. The molecule has 2 unspecified atom stereocenters. The maximum Gasteiger partial charge on any atom is 0.0493 e. The van der Waals surface area contributed by atoms with Crippen LogP contribution in [-0.4, -0.2) is 0 Å². The minimum absolute atomic E-state index is 0.282. The number of nitrogens with zero attached hydrogens (tertiary/aromatic N) is 1. The zero-order valence-corrected chi connectivity index (χ0v) is 40.7. The monoisotopic (exact) mass is 830 g/mol. The molecule has 1 aliphatic rings. The van der Waals surface area contributed by atoms with Crippen molar-refractivity contribution >= 4 is 43.7 Å². The molecular weight excluding hydrogens is 759 g/mol. The summed E-state index contributed by atoms with van der Waals surface area (Å²) in [7, 11) is 0. The molecule has 0 saturated carbocycles. The van der Waals surface area contributed by atoms with Gasteiger partial charge in [0.2, 0.25) is 0 Å².